The predicted molar refractivity (Wildman–Crippen MR) is 61.7 cm³/mol. The van der Waals surface area contributed by atoms with Crippen LogP contribution in [0.4, 0.5) is 20.3 Å². The molecule has 0 saturated carbocycles. The van der Waals surface area contributed by atoms with Crippen molar-refractivity contribution < 1.29 is 13.6 Å². The summed E-state index contributed by atoms with van der Waals surface area (Å²) in [5, 5.41) is 8.61. The minimum Gasteiger partial charge on any atom is -0.394 e. The van der Waals surface area contributed by atoms with Crippen LogP contribution < -0.4 is 11.1 Å². The quantitative estimate of drug-likeness (QED) is 0.773. The van der Waals surface area contributed by atoms with E-state index in [1.807, 2.05) is 0 Å². The first-order chi connectivity index (χ1) is 8.56. The van der Waals surface area contributed by atoms with E-state index in [9.17, 15) is 13.6 Å². The number of benzene rings is 1. The van der Waals surface area contributed by atoms with Crippen molar-refractivity contribution in [1.29, 1.82) is 0 Å². The average Bonchev–Trinajstić information content (AvgIpc) is 2.70. The molecule has 2 aromatic rings. The van der Waals surface area contributed by atoms with Gasteiger partial charge in [0.2, 0.25) is 5.91 Å². The van der Waals surface area contributed by atoms with E-state index in [1.165, 1.54) is 12.3 Å². The fourth-order valence-electron chi connectivity index (χ4n) is 1.41. The van der Waals surface area contributed by atoms with Crippen molar-refractivity contribution in [3.63, 3.8) is 0 Å². The Morgan fingerprint density at radius 3 is 2.78 bits per heavy atom. The molecule has 0 spiro atoms. The minimum atomic E-state index is -0.985. The second-order valence-electron chi connectivity index (χ2n) is 3.67. The van der Waals surface area contributed by atoms with Gasteiger partial charge in [0.15, 0.2) is 17.5 Å². The molecule has 1 amide bonds. The van der Waals surface area contributed by atoms with Crippen molar-refractivity contribution in [2.24, 2.45) is 0 Å². The number of carbonyl (C=O) groups excluding carboxylic acids is 1. The van der Waals surface area contributed by atoms with Crippen LogP contribution >= 0.6 is 0 Å². The summed E-state index contributed by atoms with van der Waals surface area (Å²) in [6.07, 6.45) is 1.27. The summed E-state index contributed by atoms with van der Waals surface area (Å²) in [6.45, 7) is 0. The van der Waals surface area contributed by atoms with Gasteiger partial charge in [-0.1, -0.05) is 6.07 Å². The van der Waals surface area contributed by atoms with E-state index in [1.54, 1.807) is 0 Å². The normalized spacial score (nSPS) is 10.3. The smallest absolute Gasteiger partial charge is 0.229 e. The number of H-pyrrole nitrogens is 1. The van der Waals surface area contributed by atoms with Gasteiger partial charge in [-0.15, -0.1) is 0 Å². The Kier molecular flexibility index (Phi) is 3.22. The Labute approximate surface area is 101 Å². The summed E-state index contributed by atoms with van der Waals surface area (Å²) in [5.41, 5.74) is 6.17. The van der Waals surface area contributed by atoms with E-state index in [4.69, 9.17) is 5.73 Å². The van der Waals surface area contributed by atoms with Crippen molar-refractivity contribution >= 4 is 17.4 Å². The van der Waals surface area contributed by atoms with Crippen molar-refractivity contribution in [3.8, 4) is 0 Å². The zero-order valence-electron chi connectivity index (χ0n) is 9.21. The first-order valence-electron chi connectivity index (χ1n) is 5.09. The van der Waals surface area contributed by atoms with Gasteiger partial charge in [-0.2, -0.15) is 5.10 Å². The van der Waals surface area contributed by atoms with Gasteiger partial charge in [-0.25, -0.2) is 8.78 Å². The maximum absolute atomic E-state index is 12.9. The summed E-state index contributed by atoms with van der Waals surface area (Å²) < 4.78 is 25.6. The molecule has 0 aliphatic carbocycles. The van der Waals surface area contributed by atoms with Crippen molar-refractivity contribution in [2.45, 2.75) is 6.42 Å². The molecule has 0 unspecified atom stereocenters. The molecular weight excluding hydrogens is 242 g/mol. The van der Waals surface area contributed by atoms with Gasteiger partial charge in [0.05, 0.1) is 18.3 Å². The fraction of sp³-hybridized carbons (Fsp3) is 0.0909. The summed E-state index contributed by atoms with van der Waals surface area (Å²) in [5.74, 6) is -2.06. The number of carbonyl (C=O) groups is 1. The highest BCUT2D eigenvalue weighted by Gasteiger charge is 2.09. The molecule has 0 aliphatic heterocycles. The van der Waals surface area contributed by atoms with Gasteiger partial charge in [0, 0.05) is 0 Å². The van der Waals surface area contributed by atoms with Crippen LogP contribution in [0, 0.1) is 11.6 Å². The molecular formula is C11H10F2N4O. The largest absolute Gasteiger partial charge is 0.394 e. The fourth-order valence-corrected chi connectivity index (χ4v) is 1.41. The molecule has 0 fully saturated rings. The van der Waals surface area contributed by atoms with Gasteiger partial charge in [0.1, 0.15) is 0 Å². The Bertz CT molecular complexity index is 582. The molecule has 0 aliphatic rings. The highest BCUT2D eigenvalue weighted by molar-refractivity contribution is 5.93. The molecule has 1 aromatic carbocycles. The lowest BCUT2D eigenvalue weighted by molar-refractivity contribution is -0.115. The Hall–Kier alpha value is -2.44. The monoisotopic (exact) mass is 252 g/mol. The number of nitrogens with zero attached hydrogens (tertiary/aromatic N) is 1. The zero-order valence-corrected chi connectivity index (χ0v) is 9.21. The van der Waals surface area contributed by atoms with Gasteiger partial charge in [-0.3, -0.25) is 9.89 Å². The van der Waals surface area contributed by atoms with E-state index < -0.39 is 17.5 Å². The van der Waals surface area contributed by atoms with Gasteiger partial charge in [0.25, 0.3) is 0 Å². The molecule has 1 aromatic heterocycles. The highest BCUT2D eigenvalue weighted by atomic mass is 19.2. The van der Waals surface area contributed by atoms with E-state index in [-0.39, 0.29) is 12.2 Å². The van der Waals surface area contributed by atoms with Gasteiger partial charge in [-0.05, 0) is 17.7 Å². The third-order valence-electron chi connectivity index (χ3n) is 2.28. The van der Waals surface area contributed by atoms with E-state index in [0.29, 0.717) is 11.3 Å². The van der Waals surface area contributed by atoms with Crippen LogP contribution in [-0.4, -0.2) is 16.1 Å². The standard InChI is InChI=1S/C11H10F2N4O/c12-7-2-1-6(3-8(7)13)4-10(18)16-11-9(14)5-15-17-11/h1-3,5H,4,14H2,(H2,15,16,17,18). The summed E-state index contributed by atoms with van der Waals surface area (Å²) in [4.78, 5) is 11.6. The second-order valence-corrected chi connectivity index (χ2v) is 3.67. The zero-order chi connectivity index (χ0) is 13.1. The van der Waals surface area contributed by atoms with Crippen LogP contribution in [0.1, 0.15) is 5.56 Å². The molecule has 2 rings (SSSR count). The molecule has 4 N–H and O–H groups in total. The number of hydrogen-bond donors (Lipinski definition) is 3. The van der Waals surface area contributed by atoms with Crippen molar-refractivity contribution in [2.75, 3.05) is 11.1 Å². The second kappa shape index (κ2) is 4.82. The number of aromatic amines is 1. The summed E-state index contributed by atoms with van der Waals surface area (Å²) in [6, 6.07) is 3.29. The molecule has 7 heteroatoms. The number of nitrogen functional groups attached to an aromatic ring is 1. The van der Waals surface area contributed by atoms with Gasteiger partial charge >= 0.3 is 0 Å². The number of amides is 1. The molecule has 0 atom stereocenters. The van der Waals surface area contributed by atoms with Crippen LogP contribution in [0.2, 0.25) is 0 Å². The third kappa shape index (κ3) is 2.62. The maximum Gasteiger partial charge on any atom is 0.229 e. The van der Waals surface area contributed by atoms with Crippen LogP contribution in [0.3, 0.4) is 0 Å². The Balaban J connectivity index is 2.03. The van der Waals surface area contributed by atoms with Gasteiger partial charge < -0.3 is 11.1 Å². The number of nitrogens with two attached hydrogens (primary N) is 1. The van der Waals surface area contributed by atoms with E-state index in [2.05, 4.69) is 15.5 Å². The first kappa shape index (κ1) is 12.0. The number of rotatable bonds is 3. The number of nitrogens with one attached hydrogen (secondary N) is 2. The molecule has 5 nitrogen and oxygen atoms in total. The number of halogens is 2. The Morgan fingerprint density at radius 2 is 2.17 bits per heavy atom. The SMILES string of the molecule is Nc1cn[nH]c1NC(=O)Cc1ccc(F)c(F)c1. The third-order valence-corrected chi connectivity index (χ3v) is 2.28. The molecule has 94 valence electrons. The van der Waals surface area contributed by atoms with Crippen LogP contribution in [0.5, 0.6) is 0 Å². The lowest BCUT2D eigenvalue weighted by Crippen LogP contribution is -2.15. The molecule has 0 radical (unpaired) electrons. The minimum absolute atomic E-state index is 0.0876. The topological polar surface area (TPSA) is 83.8 Å². The highest BCUT2D eigenvalue weighted by Crippen LogP contribution is 2.14. The predicted octanol–water partition coefficient (Wildman–Crippen LogP) is 1.45. The summed E-state index contributed by atoms with van der Waals surface area (Å²) >= 11 is 0. The first-order valence-corrected chi connectivity index (χ1v) is 5.09. The maximum atomic E-state index is 12.9. The Morgan fingerprint density at radius 1 is 1.39 bits per heavy atom. The molecule has 0 bridgehead atoms. The van der Waals surface area contributed by atoms with Crippen LogP contribution in [0.25, 0.3) is 0 Å². The van der Waals surface area contributed by atoms with Crippen LogP contribution in [0.15, 0.2) is 24.4 Å². The molecule has 1 heterocycles. The number of aromatic nitrogens is 2. The molecule has 0 saturated heterocycles. The molecule has 18 heavy (non-hydrogen) atoms. The summed E-state index contributed by atoms with van der Waals surface area (Å²) in [7, 11) is 0. The van der Waals surface area contributed by atoms with Crippen molar-refractivity contribution in [3.05, 3.63) is 41.6 Å². The number of anilines is 2. The lowest BCUT2D eigenvalue weighted by Gasteiger charge is -2.04. The number of hydrogen-bond acceptors (Lipinski definition) is 3. The lowest BCUT2D eigenvalue weighted by atomic mass is 10.1. The average molecular weight is 252 g/mol. The van der Waals surface area contributed by atoms with Crippen LogP contribution in [-0.2, 0) is 11.2 Å². The van der Waals surface area contributed by atoms with E-state index in [0.717, 1.165) is 12.1 Å². The van der Waals surface area contributed by atoms with E-state index >= 15 is 0 Å². The van der Waals surface area contributed by atoms with Crippen molar-refractivity contribution in [1.82, 2.24) is 10.2 Å².